The van der Waals surface area contributed by atoms with Crippen molar-refractivity contribution < 1.29 is 31.3 Å². The Balaban J connectivity index is 1.97. The van der Waals surface area contributed by atoms with Crippen molar-refractivity contribution in [1.82, 2.24) is 9.21 Å². The summed E-state index contributed by atoms with van der Waals surface area (Å²) in [5.74, 6) is -0.830. The number of piperazine rings is 1. The van der Waals surface area contributed by atoms with Gasteiger partial charge in [-0.05, 0) is 13.0 Å². The van der Waals surface area contributed by atoms with E-state index in [4.69, 9.17) is 0 Å². The van der Waals surface area contributed by atoms with Gasteiger partial charge in [-0.25, -0.2) is 8.42 Å². The molecule has 0 radical (unpaired) electrons. The van der Waals surface area contributed by atoms with Crippen LogP contribution in [0.5, 0.6) is 0 Å². The summed E-state index contributed by atoms with van der Waals surface area (Å²) in [5.41, 5.74) is -3.06. The monoisotopic (exact) mass is 419 g/mol. The van der Waals surface area contributed by atoms with Gasteiger partial charge in [-0.2, -0.15) is 17.5 Å². The molecule has 0 aliphatic carbocycles. The SMILES string of the molecule is CC12CC(C(F)(F)F)=CC(=O)N1CCN(S(=O)(=O)c1ccccc1[N+](=O)[O-])C2. The minimum absolute atomic E-state index is 0.114. The molecule has 1 amide bonds. The molecular formula is C16H16F3N3O5S. The van der Waals surface area contributed by atoms with Gasteiger partial charge in [0.25, 0.3) is 5.69 Å². The summed E-state index contributed by atoms with van der Waals surface area (Å²) in [6.07, 6.45) is -4.73. The van der Waals surface area contributed by atoms with Gasteiger partial charge in [-0.1, -0.05) is 12.1 Å². The molecule has 1 fully saturated rings. The fraction of sp³-hybridized carbons (Fsp3) is 0.438. The lowest BCUT2D eigenvalue weighted by Gasteiger charge is -2.50. The van der Waals surface area contributed by atoms with Crippen LogP contribution in [0.1, 0.15) is 13.3 Å². The van der Waals surface area contributed by atoms with Crippen LogP contribution in [0.15, 0.2) is 40.8 Å². The van der Waals surface area contributed by atoms with E-state index in [1.165, 1.54) is 24.0 Å². The van der Waals surface area contributed by atoms with Gasteiger partial charge in [0.15, 0.2) is 4.90 Å². The number of nitro benzene ring substituents is 1. The third-order valence-corrected chi connectivity index (χ3v) is 6.81. The third kappa shape index (κ3) is 3.37. The number of fused-ring (bicyclic) bond motifs is 1. The molecule has 152 valence electrons. The Kier molecular flexibility index (Phi) is 4.74. The van der Waals surface area contributed by atoms with Crippen molar-refractivity contribution in [2.24, 2.45) is 0 Å². The number of sulfonamides is 1. The van der Waals surface area contributed by atoms with E-state index in [1.807, 2.05) is 0 Å². The van der Waals surface area contributed by atoms with Crippen LogP contribution in [-0.2, 0) is 14.8 Å². The third-order valence-electron chi connectivity index (χ3n) is 4.92. The Labute approximate surface area is 158 Å². The summed E-state index contributed by atoms with van der Waals surface area (Å²) < 4.78 is 66.2. The van der Waals surface area contributed by atoms with E-state index < -0.39 is 61.7 Å². The molecule has 1 aromatic carbocycles. The number of halogens is 3. The summed E-state index contributed by atoms with van der Waals surface area (Å²) in [4.78, 5) is 23.2. The van der Waals surface area contributed by atoms with Crippen LogP contribution in [0.25, 0.3) is 0 Å². The highest BCUT2D eigenvalue weighted by Crippen LogP contribution is 2.40. The first-order chi connectivity index (χ1) is 12.9. The lowest BCUT2D eigenvalue weighted by molar-refractivity contribution is -0.387. The van der Waals surface area contributed by atoms with Gasteiger partial charge in [0, 0.05) is 43.8 Å². The summed E-state index contributed by atoms with van der Waals surface area (Å²) in [7, 11) is -4.34. The molecule has 2 aliphatic rings. The predicted octanol–water partition coefficient (Wildman–Crippen LogP) is 2.08. The smallest absolute Gasteiger partial charge is 0.331 e. The molecular weight excluding hydrogens is 403 g/mol. The highest BCUT2D eigenvalue weighted by Gasteiger charge is 2.51. The summed E-state index contributed by atoms with van der Waals surface area (Å²) >= 11 is 0. The van der Waals surface area contributed by atoms with Gasteiger partial charge in [0.1, 0.15) is 0 Å². The molecule has 1 unspecified atom stereocenters. The Morgan fingerprint density at radius 3 is 2.46 bits per heavy atom. The molecule has 0 N–H and O–H groups in total. The Morgan fingerprint density at radius 2 is 1.86 bits per heavy atom. The number of nitro groups is 1. The quantitative estimate of drug-likeness (QED) is 0.552. The molecule has 3 rings (SSSR count). The van der Waals surface area contributed by atoms with E-state index >= 15 is 0 Å². The molecule has 12 heteroatoms. The standard InChI is InChI=1S/C16H16F3N3O5S/c1-15-9-11(16(17,18)19)8-14(23)21(15)7-6-20(10-15)28(26,27)13-5-3-2-4-12(13)22(24)25/h2-5,8H,6-7,9-10H2,1H3. The van der Waals surface area contributed by atoms with E-state index in [9.17, 15) is 36.5 Å². The molecule has 1 saturated heterocycles. The van der Waals surface area contributed by atoms with Crippen LogP contribution in [0.2, 0.25) is 0 Å². The first-order valence-electron chi connectivity index (χ1n) is 8.19. The molecule has 28 heavy (non-hydrogen) atoms. The van der Waals surface area contributed by atoms with Gasteiger partial charge in [-0.15, -0.1) is 0 Å². The van der Waals surface area contributed by atoms with Crippen molar-refractivity contribution in [2.75, 3.05) is 19.6 Å². The maximum Gasteiger partial charge on any atom is 0.412 e. The first-order valence-corrected chi connectivity index (χ1v) is 9.63. The lowest BCUT2D eigenvalue weighted by Crippen LogP contribution is -2.65. The Morgan fingerprint density at radius 1 is 1.21 bits per heavy atom. The summed E-state index contributed by atoms with van der Waals surface area (Å²) in [6, 6.07) is 4.76. The van der Waals surface area contributed by atoms with E-state index in [0.29, 0.717) is 6.08 Å². The lowest BCUT2D eigenvalue weighted by atomic mass is 9.85. The second-order valence-electron chi connectivity index (χ2n) is 6.89. The minimum atomic E-state index is -4.70. The van der Waals surface area contributed by atoms with E-state index in [0.717, 1.165) is 16.4 Å². The van der Waals surface area contributed by atoms with Crippen molar-refractivity contribution in [3.8, 4) is 0 Å². The number of rotatable bonds is 3. The normalized spacial score (nSPS) is 23.9. The van der Waals surface area contributed by atoms with Gasteiger partial charge < -0.3 is 4.90 Å². The largest absolute Gasteiger partial charge is 0.412 e. The average molecular weight is 419 g/mol. The molecule has 0 aromatic heterocycles. The molecule has 8 nitrogen and oxygen atoms in total. The van der Waals surface area contributed by atoms with Crippen molar-refractivity contribution >= 4 is 21.6 Å². The first kappa shape index (κ1) is 20.3. The fourth-order valence-corrected chi connectivity index (χ4v) is 5.30. The van der Waals surface area contributed by atoms with E-state index in [1.54, 1.807) is 0 Å². The van der Waals surface area contributed by atoms with Gasteiger partial charge in [0.2, 0.25) is 15.9 Å². The van der Waals surface area contributed by atoms with Crippen LogP contribution in [0.3, 0.4) is 0 Å². The molecule has 2 aliphatic heterocycles. The zero-order chi connectivity index (χ0) is 20.9. The average Bonchev–Trinajstić information content (AvgIpc) is 2.59. The molecule has 0 bridgehead atoms. The van der Waals surface area contributed by atoms with Crippen LogP contribution >= 0.6 is 0 Å². The summed E-state index contributed by atoms with van der Waals surface area (Å²) in [5, 5.41) is 11.2. The van der Waals surface area contributed by atoms with Crippen molar-refractivity contribution in [1.29, 1.82) is 0 Å². The van der Waals surface area contributed by atoms with Crippen LogP contribution in [-0.4, -0.2) is 59.8 Å². The summed E-state index contributed by atoms with van der Waals surface area (Å²) in [6.45, 7) is 0.688. The molecule has 1 aromatic rings. The fourth-order valence-electron chi connectivity index (χ4n) is 3.59. The number of carbonyl (C=O) groups is 1. The number of para-hydroxylation sites is 1. The maximum absolute atomic E-state index is 13.1. The molecule has 0 spiro atoms. The predicted molar refractivity (Wildman–Crippen MR) is 90.7 cm³/mol. The number of carbonyl (C=O) groups excluding carboxylic acids is 1. The van der Waals surface area contributed by atoms with Gasteiger partial charge >= 0.3 is 6.18 Å². The zero-order valence-corrected chi connectivity index (χ0v) is 15.5. The molecule has 1 atom stereocenters. The van der Waals surface area contributed by atoms with Crippen molar-refractivity contribution in [2.45, 2.75) is 30.0 Å². The topological polar surface area (TPSA) is 101 Å². The van der Waals surface area contributed by atoms with Gasteiger partial charge in [0.05, 0.1) is 10.5 Å². The van der Waals surface area contributed by atoms with Crippen LogP contribution in [0.4, 0.5) is 18.9 Å². The van der Waals surface area contributed by atoms with E-state index in [2.05, 4.69) is 0 Å². The molecule has 2 heterocycles. The maximum atomic E-state index is 13.1. The number of alkyl halides is 3. The Bertz CT molecular complexity index is 976. The van der Waals surface area contributed by atoms with Crippen molar-refractivity contribution in [3.63, 3.8) is 0 Å². The number of benzene rings is 1. The number of amides is 1. The van der Waals surface area contributed by atoms with Crippen LogP contribution in [0, 0.1) is 10.1 Å². The van der Waals surface area contributed by atoms with E-state index in [-0.39, 0.29) is 13.1 Å². The highest BCUT2D eigenvalue weighted by atomic mass is 32.2. The zero-order valence-electron chi connectivity index (χ0n) is 14.6. The highest BCUT2D eigenvalue weighted by molar-refractivity contribution is 7.89. The second kappa shape index (κ2) is 6.55. The van der Waals surface area contributed by atoms with Crippen LogP contribution < -0.4 is 0 Å². The van der Waals surface area contributed by atoms with Crippen molar-refractivity contribution in [3.05, 3.63) is 46.0 Å². The number of hydrogen-bond donors (Lipinski definition) is 0. The molecule has 0 saturated carbocycles. The number of nitrogens with zero attached hydrogens (tertiary/aromatic N) is 3. The number of hydrogen-bond acceptors (Lipinski definition) is 5. The van der Waals surface area contributed by atoms with Gasteiger partial charge in [-0.3, -0.25) is 14.9 Å². The Hall–Kier alpha value is -2.47. The minimum Gasteiger partial charge on any atom is -0.331 e. The second-order valence-corrected chi connectivity index (χ2v) is 8.80.